The molecule has 1 aromatic heterocycles. The van der Waals surface area contributed by atoms with E-state index in [2.05, 4.69) is 21.3 Å². The van der Waals surface area contributed by atoms with E-state index in [1.807, 2.05) is 17.8 Å². The molecule has 1 aromatic rings. The monoisotopic (exact) mass is 191 g/mol. The molecular formula is C10H13N3O. The van der Waals surface area contributed by atoms with Gasteiger partial charge >= 0.3 is 0 Å². The number of rotatable bonds is 4. The van der Waals surface area contributed by atoms with Crippen molar-refractivity contribution in [1.29, 1.82) is 0 Å². The Kier molecular flexibility index (Phi) is 3.67. The first kappa shape index (κ1) is 10.2. The molecule has 0 saturated heterocycles. The Morgan fingerprint density at radius 2 is 2.50 bits per heavy atom. The van der Waals surface area contributed by atoms with E-state index in [0.717, 1.165) is 11.4 Å². The van der Waals surface area contributed by atoms with Crippen molar-refractivity contribution in [3.8, 4) is 0 Å². The van der Waals surface area contributed by atoms with Crippen molar-refractivity contribution in [2.75, 3.05) is 7.11 Å². The first-order chi connectivity index (χ1) is 6.75. The van der Waals surface area contributed by atoms with Gasteiger partial charge in [0.25, 0.3) is 0 Å². The Bertz CT molecular complexity index is 363. The molecule has 0 aliphatic carbocycles. The van der Waals surface area contributed by atoms with Crippen LogP contribution >= 0.6 is 0 Å². The topological polar surface area (TPSA) is 39.4 Å². The van der Waals surface area contributed by atoms with Crippen molar-refractivity contribution in [1.82, 2.24) is 9.55 Å². The molecule has 4 heteroatoms. The van der Waals surface area contributed by atoms with Gasteiger partial charge in [0, 0.05) is 31.2 Å². The molecule has 14 heavy (non-hydrogen) atoms. The fourth-order valence-electron chi connectivity index (χ4n) is 0.979. The molecule has 4 nitrogen and oxygen atoms in total. The summed E-state index contributed by atoms with van der Waals surface area (Å²) in [6.07, 6.45) is 8.33. The van der Waals surface area contributed by atoms with E-state index >= 15 is 0 Å². The van der Waals surface area contributed by atoms with Gasteiger partial charge in [-0.25, -0.2) is 9.98 Å². The highest BCUT2D eigenvalue weighted by Gasteiger charge is 1.99. The van der Waals surface area contributed by atoms with E-state index in [1.165, 1.54) is 6.40 Å². The SMILES string of the molecule is C=C(/C=C/N=COC)c1nccn1C. The maximum absolute atomic E-state index is 4.64. The number of methoxy groups -OCH3 is 1. The Balaban J connectivity index is 2.64. The summed E-state index contributed by atoms with van der Waals surface area (Å²) in [5.74, 6) is 0.828. The molecule has 0 aromatic carbocycles. The van der Waals surface area contributed by atoms with Crippen LogP contribution < -0.4 is 0 Å². The van der Waals surface area contributed by atoms with Crippen LogP contribution in [0.4, 0.5) is 0 Å². The molecule has 0 atom stereocenters. The first-order valence-corrected chi connectivity index (χ1v) is 4.13. The molecule has 0 spiro atoms. The maximum atomic E-state index is 4.64. The van der Waals surface area contributed by atoms with E-state index in [1.54, 1.807) is 25.6 Å². The number of aromatic nitrogens is 2. The number of ether oxygens (including phenoxy) is 1. The summed E-state index contributed by atoms with van der Waals surface area (Å²) < 4.78 is 6.54. The lowest BCUT2D eigenvalue weighted by Gasteiger charge is -1.98. The normalized spacial score (nSPS) is 11.3. The molecule has 74 valence electrons. The van der Waals surface area contributed by atoms with Crippen LogP contribution in [-0.4, -0.2) is 23.1 Å². The summed E-state index contributed by atoms with van der Waals surface area (Å²) in [6, 6.07) is 0. The molecule has 0 fully saturated rings. The molecule has 1 heterocycles. The van der Waals surface area contributed by atoms with E-state index in [9.17, 15) is 0 Å². The maximum Gasteiger partial charge on any atom is 0.173 e. The summed E-state index contributed by atoms with van der Waals surface area (Å²) >= 11 is 0. The minimum Gasteiger partial charge on any atom is -0.486 e. The molecule has 0 N–H and O–H groups in total. The number of nitrogens with zero attached hydrogens (tertiary/aromatic N) is 3. The highest BCUT2D eigenvalue weighted by molar-refractivity contribution is 5.67. The largest absolute Gasteiger partial charge is 0.486 e. The minimum absolute atomic E-state index is 0.811. The molecular weight excluding hydrogens is 178 g/mol. The van der Waals surface area contributed by atoms with E-state index in [4.69, 9.17) is 0 Å². The van der Waals surface area contributed by atoms with Crippen LogP contribution in [0.15, 0.2) is 36.2 Å². The number of hydrogen-bond acceptors (Lipinski definition) is 3. The molecule has 0 bridgehead atoms. The number of imidazole rings is 1. The highest BCUT2D eigenvalue weighted by atomic mass is 16.5. The zero-order valence-electron chi connectivity index (χ0n) is 8.34. The van der Waals surface area contributed by atoms with Crippen LogP contribution in [0.5, 0.6) is 0 Å². The Morgan fingerprint density at radius 3 is 3.07 bits per heavy atom. The third-order valence-corrected chi connectivity index (χ3v) is 1.64. The quantitative estimate of drug-likeness (QED) is 0.412. The van der Waals surface area contributed by atoms with Gasteiger partial charge < -0.3 is 9.30 Å². The molecule has 0 radical (unpaired) electrons. The first-order valence-electron chi connectivity index (χ1n) is 4.13. The Hall–Kier alpha value is -1.84. The van der Waals surface area contributed by atoms with Gasteiger partial charge in [-0.3, -0.25) is 0 Å². The second-order valence-electron chi connectivity index (χ2n) is 2.69. The smallest absolute Gasteiger partial charge is 0.173 e. The van der Waals surface area contributed by atoms with Crippen LogP contribution in [0.1, 0.15) is 5.82 Å². The van der Waals surface area contributed by atoms with Crippen LogP contribution in [0.3, 0.4) is 0 Å². The van der Waals surface area contributed by atoms with Crippen molar-refractivity contribution >= 4 is 12.0 Å². The molecule has 1 rings (SSSR count). The van der Waals surface area contributed by atoms with Crippen LogP contribution in [0.2, 0.25) is 0 Å². The average Bonchev–Trinajstić information content (AvgIpc) is 2.59. The van der Waals surface area contributed by atoms with Crippen LogP contribution in [0.25, 0.3) is 5.57 Å². The summed E-state index contributed by atoms with van der Waals surface area (Å²) in [5.41, 5.74) is 0.811. The zero-order valence-corrected chi connectivity index (χ0v) is 8.34. The van der Waals surface area contributed by atoms with Crippen molar-refractivity contribution in [3.05, 3.63) is 37.1 Å². The third-order valence-electron chi connectivity index (χ3n) is 1.64. The fourth-order valence-corrected chi connectivity index (χ4v) is 0.979. The van der Waals surface area contributed by atoms with Crippen LogP contribution in [-0.2, 0) is 11.8 Å². The average molecular weight is 191 g/mol. The third kappa shape index (κ3) is 2.58. The van der Waals surface area contributed by atoms with E-state index in [0.29, 0.717) is 0 Å². The van der Waals surface area contributed by atoms with Crippen molar-refractivity contribution in [3.63, 3.8) is 0 Å². The summed E-state index contributed by atoms with van der Waals surface area (Å²) in [6.45, 7) is 3.87. The van der Waals surface area contributed by atoms with Gasteiger partial charge in [-0.1, -0.05) is 6.58 Å². The van der Waals surface area contributed by atoms with Crippen LogP contribution in [0, 0.1) is 0 Å². The number of hydrogen-bond donors (Lipinski definition) is 0. The van der Waals surface area contributed by atoms with Gasteiger partial charge in [-0.15, -0.1) is 0 Å². The van der Waals surface area contributed by atoms with Crippen molar-refractivity contribution in [2.24, 2.45) is 12.0 Å². The Labute approximate surface area is 83.3 Å². The van der Waals surface area contributed by atoms with Gasteiger partial charge in [-0.2, -0.15) is 0 Å². The summed E-state index contributed by atoms with van der Waals surface area (Å²) in [7, 11) is 3.46. The Morgan fingerprint density at radius 1 is 1.71 bits per heavy atom. The lowest BCUT2D eigenvalue weighted by molar-refractivity contribution is 0.423. The van der Waals surface area contributed by atoms with E-state index < -0.39 is 0 Å². The molecule has 0 aliphatic rings. The molecule has 0 unspecified atom stereocenters. The van der Waals surface area contributed by atoms with E-state index in [-0.39, 0.29) is 0 Å². The molecule has 0 saturated carbocycles. The summed E-state index contributed by atoms with van der Waals surface area (Å²) in [4.78, 5) is 7.99. The van der Waals surface area contributed by atoms with Crippen molar-refractivity contribution in [2.45, 2.75) is 0 Å². The zero-order chi connectivity index (χ0) is 10.4. The minimum atomic E-state index is 0.811. The lowest BCUT2D eigenvalue weighted by Crippen LogP contribution is -1.93. The lowest BCUT2D eigenvalue weighted by atomic mass is 10.3. The predicted molar refractivity (Wildman–Crippen MR) is 56.9 cm³/mol. The second kappa shape index (κ2) is 5.01. The van der Waals surface area contributed by atoms with Gasteiger partial charge in [0.2, 0.25) is 0 Å². The van der Waals surface area contributed by atoms with Gasteiger partial charge in [0.05, 0.1) is 7.11 Å². The van der Waals surface area contributed by atoms with Crippen molar-refractivity contribution < 1.29 is 4.74 Å². The standard InChI is InChI=1S/C10H13N3O/c1-9(4-5-11-8-14-3)10-12-6-7-13(10)2/h4-8H,1H2,2-3H3/b5-4+,11-8?. The number of aliphatic imine (C=N–C) groups is 1. The predicted octanol–water partition coefficient (Wildman–Crippen LogP) is 1.62. The summed E-state index contributed by atoms with van der Waals surface area (Å²) in [5, 5.41) is 0. The number of aryl methyl sites for hydroxylation is 1. The second-order valence-corrected chi connectivity index (χ2v) is 2.69. The fraction of sp³-hybridized carbons (Fsp3) is 0.200. The van der Waals surface area contributed by atoms with Gasteiger partial charge in [0.15, 0.2) is 6.40 Å². The molecule has 0 aliphatic heterocycles. The molecule has 0 amide bonds. The van der Waals surface area contributed by atoms with Gasteiger partial charge in [0.1, 0.15) is 5.82 Å². The highest BCUT2D eigenvalue weighted by Crippen LogP contribution is 2.09. The number of allylic oxidation sites excluding steroid dienone is 2. The van der Waals surface area contributed by atoms with Gasteiger partial charge in [-0.05, 0) is 6.08 Å².